The van der Waals surface area contributed by atoms with Crippen LogP contribution in [0, 0.1) is 11.8 Å². The number of carbonyl (C=O) groups is 2. The Morgan fingerprint density at radius 2 is 1.80 bits per heavy atom. The van der Waals surface area contributed by atoms with Crippen LogP contribution in [0.3, 0.4) is 0 Å². The molecule has 0 saturated heterocycles. The van der Waals surface area contributed by atoms with Crippen LogP contribution in [-0.2, 0) is 24.3 Å². The van der Waals surface area contributed by atoms with Crippen LogP contribution in [0.15, 0.2) is 29.2 Å². The maximum Gasteiger partial charge on any atom is 0.242 e. The Morgan fingerprint density at radius 1 is 1.17 bits per heavy atom. The lowest BCUT2D eigenvalue weighted by Gasteiger charge is -2.28. The standard InChI is InChI=1S/C20H30ClN3O5S/c1-14(19(25)22-11-12-29-2)24-20(26)16-5-3-15(4-6-16)13-23-30(27,28)18-9-7-17(21)8-10-18/h7-10,14-16,23H,3-6,11-13H2,1-2H3,(H,22,25)(H,24,26). The van der Waals surface area contributed by atoms with Crippen molar-refractivity contribution in [3.05, 3.63) is 29.3 Å². The van der Waals surface area contributed by atoms with Crippen LogP contribution < -0.4 is 15.4 Å². The first-order valence-corrected chi connectivity index (χ1v) is 11.9. The molecule has 3 N–H and O–H groups in total. The zero-order valence-corrected chi connectivity index (χ0v) is 18.9. The van der Waals surface area contributed by atoms with Gasteiger partial charge in [0.1, 0.15) is 6.04 Å². The van der Waals surface area contributed by atoms with Gasteiger partial charge in [-0.25, -0.2) is 13.1 Å². The summed E-state index contributed by atoms with van der Waals surface area (Å²) in [6.45, 7) is 2.79. The molecular formula is C20H30ClN3O5S. The lowest BCUT2D eigenvalue weighted by atomic mass is 9.81. The second-order valence-corrected chi connectivity index (χ2v) is 9.74. The first kappa shape index (κ1) is 24.6. The summed E-state index contributed by atoms with van der Waals surface area (Å²) in [5, 5.41) is 5.93. The van der Waals surface area contributed by atoms with Crippen LogP contribution in [0.25, 0.3) is 0 Å². The topological polar surface area (TPSA) is 114 Å². The molecule has 0 aliphatic heterocycles. The van der Waals surface area contributed by atoms with Crippen molar-refractivity contribution < 1.29 is 22.7 Å². The van der Waals surface area contributed by atoms with Crippen molar-refractivity contribution in [2.24, 2.45) is 11.8 Å². The van der Waals surface area contributed by atoms with Gasteiger partial charge in [-0.1, -0.05) is 11.6 Å². The van der Waals surface area contributed by atoms with E-state index in [-0.39, 0.29) is 28.5 Å². The Bertz CT molecular complexity index is 808. The van der Waals surface area contributed by atoms with E-state index in [1.54, 1.807) is 26.2 Å². The van der Waals surface area contributed by atoms with Crippen LogP contribution in [0.5, 0.6) is 0 Å². The zero-order valence-electron chi connectivity index (χ0n) is 17.3. The molecule has 2 rings (SSSR count). The number of carbonyl (C=O) groups excluding carboxylic acids is 2. The fourth-order valence-electron chi connectivity index (χ4n) is 3.38. The van der Waals surface area contributed by atoms with Crippen LogP contribution >= 0.6 is 11.6 Å². The second-order valence-electron chi connectivity index (χ2n) is 7.54. The molecule has 0 bridgehead atoms. The average Bonchev–Trinajstić information content (AvgIpc) is 2.73. The lowest BCUT2D eigenvalue weighted by Crippen LogP contribution is -2.47. The highest BCUT2D eigenvalue weighted by molar-refractivity contribution is 7.89. The summed E-state index contributed by atoms with van der Waals surface area (Å²) in [4.78, 5) is 24.6. The van der Waals surface area contributed by atoms with Crippen LogP contribution in [0.2, 0.25) is 5.02 Å². The molecule has 0 aromatic heterocycles. The quantitative estimate of drug-likeness (QED) is 0.461. The van der Waals surface area contributed by atoms with Gasteiger partial charge >= 0.3 is 0 Å². The largest absolute Gasteiger partial charge is 0.383 e. The Kier molecular flexibility index (Phi) is 9.54. The Balaban J connectivity index is 1.74. The summed E-state index contributed by atoms with van der Waals surface area (Å²) in [6, 6.07) is 5.41. The highest BCUT2D eigenvalue weighted by Gasteiger charge is 2.28. The number of halogens is 1. The number of hydrogen-bond donors (Lipinski definition) is 3. The summed E-state index contributed by atoms with van der Waals surface area (Å²) in [5.41, 5.74) is 0. The number of methoxy groups -OCH3 is 1. The van der Waals surface area contributed by atoms with Crippen molar-refractivity contribution >= 4 is 33.4 Å². The van der Waals surface area contributed by atoms with E-state index in [1.807, 2.05) is 0 Å². The molecule has 30 heavy (non-hydrogen) atoms. The van der Waals surface area contributed by atoms with Gasteiger partial charge in [0.15, 0.2) is 0 Å². The molecule has 0 spiro atoms. The molecule has 1 aromatic rings. The lowest BCUT2D eigenvalue weighted by molar-refractivity contribution is -0.131. The zero-order chi connectivity index (χ0) is 22.1. The van der Waals surface area contributed by atoms with E-state index in [0.29, 0.717) is 37.6 Å². The summed E-state index contributed by atoms with van der Waals surface area (Å²) >= 11 is 5.80. The van der Waals surface area contributed by atoms with E-state index in [0.717, 1.165) is 12.8 Å². The minimum Gasteiger partial charge on any atom is -0.383 e. The predicted molar refractivity (Wildman–Crippen MR) is 115 cm³/mol. The third-order valence-corrected chi connectivity index (χ3v) is 6.95. The Morgan fingerprint density at radius 3 is 2.40 bits per heavy atom. The normalized spacial score (nSPS) is 20.4. The van der Waals surface area contributed by atoms with E-state index in [1.165, 1.54) is 12.1 Å². The molecule has 1 atom stereocenters. The van der Waals surface area contributed by atoms with Gasteiger partial charge in [-0.15, -0.1) is 0 Å². The van der Waals surface area contributed by atoms with Gasteiger partial charge in [-0.3, -0.25) is 9.59 Å². The SMILES string of the molecule is COCCNC(=O)C(C)NC(=O)C1CCC(CNS(=O)(=O)c2ccc(Cl)cc2)CC1. The van der Waals surface area contributed by atoms with Crippen molar-refractivity contribution in [1.29, 1.82) is 0 Å². The van der Waals surface area contributed by atoms with Crippen LogP contribution in [-0.4, -0.2) is 53.1 Å². The molecule has 0 heterocycles. The van der Waals surface area contributed by atoms with Crippen molar-refractivity contribution in [3.63, 3.8) is 0 Å². The number of sulfonamides is 1. The second kappa shape index (κ2) is 11.6. The van der Waals surface area contributed by atoms with Gasteiger partial charge in [0.25, 0.3) is 0 Å². The third-order valence-electron chi connectivity index (χ3n) is 5.26. The van der Waals surface area contributed by atoms with Gasteiger partial charge < -0.3 is 15.4 Å². The molecule has 168 valence electrons. The summed E-state index contributed by atoms with van der Waals surface area (Å²) in [5.74, 6) is -0.371. The summed E-state index contributed by atoms with van der Waals surface area (Å²) in [7, 11) is -2.03. The number of ether oxygens (including phenoxy) is 1. The first-order valence-electron chi connectivity index (χ1n) is 10.0. The van der Waals surface area contributed by atoms with Crippen molar-refractivity contribution in [3.8, 4) is 0 Å². The number of benzene rings is 1. The highest BCUT2D eigenvalue weighted by Crippen LogP contribution is 2.29. The van der Waals surface area contributed by atoms with Crippen LogP contribution in [0.1, 0.15) is 32.6 Å². The molecule has 1 aliphatic rings. The number of nitrogens with one attached hydrogen (secondary N) is 3. The monoisotopic (exact) mass is 459 g/mol. The van der Waals surface area contributed by atoms with Gasteiger partial charge in [0.2, 0.25) is 21.8 Å². The van der Waals surface area contributed by atoms with E-state index >= 15 is 0 Å². The van der Waals surface area contributed by atoms with E-state index in [2.05, 4.69) is 15.4 Å². The highest BCUT2D eigenvalue weighted by atomic mass is 35.5. The fraction of sp³-hybridized carbons (Fsp3) is 0.600. The molecule has 1 fully saturated rings. The molecule has 0 radical (unpaired) electrons. The molecular weight excluding hydrogens is 430 g/mol. The van der Waals surface area contributed by atoms with Crippen molar-refractivity contribution in [1.82, 2.24) is 15.4 Å². The van der Waals surface area contributed by atoms with Gasteiger partial charge in [-0.05, 0) is 62.8 Å². The van der Waals surface area contributed by atoms with Gasteiger partial charge in [-0.2, -0.15) is 0 Å². The molecule has 10 heteroatoms. The number of rotatable bonds is 10. The molecule has 1 aliphatic carbocycles. The van der Waals surface area contributed by atoms with Crippen molar-refractivity contribution in [2.45, 2.75) is 43.5 Å². The van der Waals surface area contributed by atoms with E-state index in [9.17, 15) is 18.0 Å². The minimum atomic E-state index is -3.58. The van der Waals surface area contributed by atoms with Crippen LogP contribution in [0.4, 0.5) is 0 Å². The molecule has 2 amide bonds. The molecule has 1 aromatic carbocycles. The van der Waals surface area contributed by atoms with Gasteiger partial charge in [0.05, 0.1) is 11.5 Å². The fourth-order valence-corrected chi connectivity index (χ4v) is 4.62. The third kappa shape index (κ3) is 7.54. The Labute approximate surface area is 183 Å². The summed E-state index contributed by atoms with van der Waals surface area (Å²) < 4.78 is 32.3. The number of hydrogen-bond acceptors (Lipinski definition) is 5. The maximum atomic E-state index is 12.4. The van der Waals surface area contributed by atoms with E-state index in [4.69, 9.17) is 16.3 Å². The number of amides is 2. The van der Waals surface area contributed by atoms with Gasteiger partial charge in [0, 0.05) is 31.1 Å². The first-order chi connectivity index (χ1) is 14.2. The van der Waals surface area contributed by atoms with E-state index < -0.39 is 16.1 Å². The molecule has 1 unspecified atom stereocenters. The molecule has 1 saturated carbocycles. The smallest absolute Gasteiger partial charge is 0.242 e. The molecule has 8 nitrogen and oxygen atoms in total. The summed E-state index contributed by atoms with van der Waals surface area (Å²) in [6.07, 6.45) is 2.82. The van der Waals surface area contributed by atoms with Crippen molar-refractivity contribution in [2.75, 3.05) is 26.8 Å². The minimum absolute atomic E-state index is 0.135. The average molecular weight is 460 g/mol. The predicted octanol–water partition coefficient (Wildman–Crippen LogP) is 1.69. The maximum absolute atomic E-state index is 12.4. The Hall–Kier alpha value is -1.68.